The van der Waals surface area contributed by atoms with Gasteiger partial charge in [-0.25, -0.2) is 0 Å². The first-order valence-corrected chi connectivity index (χ1v) is 7.57. The van der Waals surface area contributed by atoms with E-state index in [9.17, 15) is 4.79 Å². The molecule has 0 aromatic heterocycles. The summed E-state index contributed by atoms with van der Waals surface area (Å²) < 4.78 is 0. The standard InChI is InChI=1S/C16H23N3O/c1-18-9-10-19(15-7-3-2-6-14(15)18)16(20)11-13-5-4-8-17-12-13/h2-3,6-7,13,17H,4-5,8-12H2,1H3. The van der Waals surface area contributed by atoms with Crippen LogP contribution in [0.4, 0.5) is 11.4 Å². The zero-order valence-electron chi connectivity index (χ0n) is 12.1. The lowest BCUT2D eigenvalue weighted by Gasteiger charge is -2.36. The Kier molecular flexibility index (Phi) is 3.92. The number of para-hydroxylation sites is 2. The van der Waals surface area contributed by atoms with Gasteiger partial charge in [0.15, 0.2) is 0 Å². The fraction of sp³-hybridized carbons (Fsp3) is 0.562. The first-order chi connectivity index (χ1) is 9.75. The molecule has 2 aliphatic heterocycles. The molecule has 1 amide bonds. The number of amides is 1. The lowest BCUT2D eigenvalue weighted by Crippen LogP contribution is -2.44. The van der Waals surface area contributed by atoms with Gasteiger partial charge in [-0.3, -0.25) is 4.79 Å². The van der Waals surface area contributed by atoms with Crippen LogP contribution in [0.3, 0.4) is 0 Å². The molecule has 0 bridgehead atoms. The van der Waals surface area contributed by atoms with Crippen LogP contribution in [0, 0.1) is 5.92 Å². The van der Waals surface area contributed by atoms with Crippen LogP contribution < -0.4 is 15.1 Å². The number of carbonyl (C=O) groups is 1. The van der Waals surface area contributed by atoms with Gasteiger partial charge in [-0.1, -0.05) is 12.1 Å². The molecular weight excluding hydrogens is 250 g/mol. The number of hydrogen-bond donors (Lipinski definition) is 1. The van der Waals surface area contributed by atoms with Crippen molar-refractivity contribution in [3.63, 3.8) is 0 Å². The van der Waals surface area contributed by atoms with E-state index in [4.69, 9.17) is 0 Å². The number of nitrogens with one attached hydrogen (secondary N) is 1. The summed E-state index contributed by atoms with van der Waals surface area (Å²) in [5, 5.41) is 3.39. The number of carbonyl (C=O) groups excluding carboxylic acids is 1. The monoisotopic (exact) mass is 273 g/mol. The van der Waals surface area contributed by atoms with Crippen LogP contribution >= 0.6 is 0 Å². The van der Waals surface area contributed by atoms with Crippen molar-refractivity contribution in [2.24, 2.45) is 5.92 Å². The Morgan fingerprint density at radius 1 is 1.30 bits per heavy atom. The van der Waals surface area contributed by atoms with E-state index in [1.807, 2.05) is 17.0 Å². The predicted molar refractivity (Wildman–Crippen MR) is 82.3 cm³/mol. The van der Waals surface area contributed by atoms with Gasteiger partial charge in [-0.2, -0.15) is 0 Å². The second-order valence-electron chi connectivity index (χ2n) is 5.87. The second-order valence-corrected chi connectivity index (χ2v) is 5.87. The SMILES string of the molecule is CN1CCN(C(=O)CC2CCCNC2)c2ccccc21. The summed E-state index contributed by atoms with van der Waals surface area (Å²) in [5.41, 5.74) is 2.23. The lowest BCUT2D eigenvalue weighted by molar-refractivity contribution is -0.119. The lowest BCUT2D eigenvalue weighted by atomic mass is 9.95. The summed E-state index contributed by atoms with van der Waals surface area (Å²) in [7, 11) is 2.09. The third-order valence-corrected chi connectivity index (χ3v) is 4.41. The molecule has 0 spiro atoms. The van der Waals surface area contributed by atoms with Crippen LogP contribution in [0.5, 0.6) is 0 Å². The van der Waals surface area contributed by atoms with E-state index >= 15 is 0 Å². The molecule has 4 heteroatoms. The van der Waals surface area contributed by atoms with Crippen molar-refractivity contribution in [3.05, 3.63) is 24.3 Å². The Hall–Kier alpha value is -1.55. The van der Waals surface area contributed by atoms with Gasteiger partial charge >= 0.3 is 0 Å². The van der Waals surface area contributed by atoms with Crippen molar-refractivity contribution in [3.8, 4) is 0 Å². The van der Waals surface area contributed by atoms with E-state index in [0.29, 0.717) is 12.3 Å². The molecule has 108 valence electrons. The van der Waals surface area contributed by atoms with Gasteiger partial charge in [0, 0.05) is 26.6 Å². The van der Waals surface area contributed by atoms with E-state index in [0.717, 1.165) is 37.6 Å². The number of nitrogens with zero attached hydrogens (tertiary/aromatic N) is 2. The Labute approximate surface area is 120 Å². The largest absolute Gasteiger partial charge is 0.371 e. The zero-order chi connectivity index (χ0) is 13.9. The van der Waals surface area contributed by atoms with Gasteiger partial charge in [-0.05, 0) is 44.0 Å². The smallest absolute Gasteiger partial charge is 0.227 e. The van der Waals surface area contributed by atoms with Gasteiger partial charge in [0.2, 0.25) is 5.91 Å². The summed E-state index contributed by atoms with van der Waals surface area (Å²) in [6.07, 6.45) is 3.04. The van der Waals surface area contributed by atoms with Crippen LogP contribution in [-0.4, -0.2) is 39.1 Å². The summed E-state index contributed by atoms with van der Waals surface area (Å²) in [6.45, 7) is 3.79. The Bertz CT molecular complexity index is 482. The molecule has 1 fully saturated rings. The quantitative estimate of drug-likeness (QED) is 0.893. The van der Waals surface area contributed by atoms with Gasteiger partial charge in [-0.15, -0.1) is 0 Å². The molecule has 1 N–H and O–H groups in total. The number of anilines is 2. The average molecular weight is 273 g/mol. The van der Waals surface area contributed by atoms with Crippen molar-refractivity contribution < 1.29 is 4.79 Å². The maximum atomic E-state index is 12.6. The van der Waals surface area contributed by atoms with Gasteiger partial charge in [0.25, 0.3) is 0 Å². The molecule has 0 saturated carbocycles. The molecule has 1 aromatic rings. The molecule has 3 rings (SSSR count). The number of piperidine rings is 1. The van der Waals surface area contributed by atoms with Crippen molar-refractivity contribution in [2.75, 3.05) is 43.0 Å². The number of rotatable bonds is 2. The van der Waals surface area contributed by atoms with Crippen LogP contribution in [0.1, 0.15) is 19.3 Å². The number of likely N-dealkylation sites (N-methyl/N-ethyl adjacent to an activating group) is 1. The molecule has 0 radical (unpaired) electrons. The van der Waals surface area contributed by atoms with Gasteiger partial charge in [0.05, 0.1) is 11.4 Å². The van der Waals surface area contributed by atoms with Gasteiger partial charge < -0.3 is 15.1 Å². The van der Waals surface area contributed by atoms with E-state index < -0.39 is 0 Å². The molecule has 0 aliphatic carbocycles. The number of benzene rings is 1. The third-order valence-electron chi connectivity index (χ3n) is 4.41. The van der Waals surface area contributed by atoms with Crippen molar-refractivity contribution >= 4 is 17.3 Å². The molecule has 20 heavy (non-hydrogen) atoms. The molecule has 4 nitrogen and oxygen atoms in total. The summed E-state index contributed by atoms with van der Waals surface area (Å²) in [6, 6.07) is 8.20. The van der Waals surface area contributed by atoms with Crippen LogP contribution in [0.2, 0.25) is 0 Å². The summed E-state index contributed by atoms with van der Waals surface area (Å²) >= 11 is 0. The van der Waals surface area contributed by atoms with Crippen LogP contribution in [0.15, 0.2) is 24.3 Å². The highest BCUT2D eigenvalue weighted by atomic mass is 16.2. The maximum Gasteiger partial charge on any atom is 0.227 e. The molecular formula is C16H23N3O. The first-order valence-electron chi connectivity index (χ1n) is 7.57. The Morgan fingerprint density at radius 3 is 2.85 bits per heavy atom. The number of fused-ring (bicyclic) bond motifs is 1. The van der Waals surface area contributed by atoms with Crippen molar-refractivity contribution in [2.45, 2.75) is 19.3 Å². The van der Waals surface area contributed by atoms with Crippen LogP contribution in [0.25, 0.3) is 0 Å². The summed E-state index contributed by atoms with van der Waals surface area (Å²) in [5.74, 6) is 0.780. The van der Waals surface area contributed by atoms with Gasteiger partial charge in [0.1, 0.15) is 0 Å². The van der Waals surface area contributed by atoms with E-state index in [2.05, 4.69) is 29.4 Å². The predicted octanol–water partition coefficient (Wildman–Crippen LogP) is 1.86. The van der Waals surface area contributed by atoms with Crippen molar-refractivity contribution in [1.29, 1.82) is 0 Å². The first kappa shape index (κ1) is 13.4. The molecule has 2 aliphatic rings. The molecule has 1 unspecified atom stereocenters. The second kappa shape index (κ2) is 5.83. The normalized spacial score (nSPS) is 22.6. The third kappa shape index (κ3) is 2.66. The highest BCUT2D eigenvalue weighted by molar-refractivity contribution is 5.97. The Balaban J connectivity index is 1.73. The maximum absolute atomic E-state index is 12.6. The van der Waals surface area contributed by atoms with Crippen LogP contribution in [-0.2, 0) is 4.79 Å². The van der Waals surface area contributed by atoms with E-state index in [1.165, 1.54) is 12.8 Å². The minimum absolute atomic E-state index is 0.277. The fourth-order valence-electron chi connectivity index (χ4n) is 3.22. The molecule has 1 aromatic carbocycles. The Morgan fingerprint density at radius 2 is 2.10 bits per heavy atom. The van der Waals surface area contributed by atoms with Crippen molar-refractivity contribution in [1.82, 2.24) is 5.32 Å². The highest BCUT2D eigenvalue weighted by Gasteiger charge is 2.27. The molecule has 1 atom stereocenters. The molecule has 1 saturated heterocycles. The zero-order valence-corrected chi connectivity index (χ0v) is 12.1. The average Bonchev–Trinajstić information content (AvgIpc) is 2.49. The number of hydrogen-bond acceptors (Lipinski definition) is 3. The summed E-state index contributed by atoms with van der Waals surface area (Å²) in [4.78, 5) is 16.8. The van der Waals surface area contributed by atoms with E-state index in [-0.39, 0.29) is 5.91 Å². The highest BCUT2D eigenvalue weighted by Crippen LogP contribution is 2.32. The molecule has 2 heterocycles. The minimum atomic E-state index is 0.277. The fourth-order valence-corrected chi connectivity index (χ4v) is 3.22. The minimum Gasteiger partial charge on any atom is -0.371 e. The topological polar surface area (TPSA) is 35.6 Å². The van der Waals surface area contributed by atoms with E-state index in [1.54, 1.807) is 0 Å².